The molecule has 2 saturated heterocycles. The summed E-state index contributed by atoms with van der Waals surface area (Å²) in [5.74, 6) is 0.709. The summed E-state index contributed by atoms with van der Waals surface area (Å²) >= 11 is 0. The average Bonchev–Trinajstić information content (AvgIpc) is 3.15. The van der Waals surface area contributed by atoms with Crippen molar-refractivity contribution in [1.29, 1.82) is 0 Å². The van der Waals surface area contributed by atoms with Crippen molar-refractivity contribution in [3.63, 3.8) is 0 Å². The van der Waals surface area contributed by atoms with E-state index in [1.165, 1.54) is 0 Å². The highest BCUT2D eigenvalue weighted by atomic mass is 19.4. The average molecular weight is 461 g/mol. The van der Waals surface area contributed by atoms with E-state index >= 15 is 0 Å². The van der Waals surface area contributed by atoms with Crippen molar-refractivity contribution in [2.75, 3.05) is 38.1 Å². The molecule has 0 amide bonds. The van der Waals surface area contributed by atoms with E-state index in [1.54, 1.807) is 22.8 Å². The zero-order valence-corrected chi connectivity index (χ0v) is 18.9. The molecule has 3 aromatic heterocycles. The van der Waals surface area contributed by atoms with E-state index in [4.69, 9.17) is 4.42 Å². The minimum absolute atomic E-state index is 0.0186. The smallest absolute Gasteiger partial charge is 0.397 e. The highest BCUT2D eigenvalue weighted by molar-refractivity contribution is 5.90. The van der Waals surface area contributed by atoms with Crippen LogP contribution in [0, 0.1) is 12.3 Å². The molecule has 2 aliphatic heterocycles. The topological polar surface area (TPSA) is 76.1 Å². The first-order valence-corrected chi connectivity index (χ1v) is 11.3. The fourth-order valence-electron chi connectivity index (χ4n) is 5.90. The summed E-state index contributed by atoms with van der Waals surface area (Å²) in [6, 6.07) is 1.84. The molecular weight excluding hydrogens is 435 g/mol. The maximum absolute atomic E-state index is 14.5. The Hall–Kier alpha value is -2.69. The number of aromatic nitrogens is 5. The maximum Gasteiger partial charge on any atom is 0.397 e. The van der Waals surface area contributed by atoms with Crippen LogP contribution < -0.4 is 4.90 Å². The molecule has 0 radical (unpaired) electrons. The van der Waals surface area contributed by atoms with Gasteiger partial charge in [0.15, 0.2) is 5.65 Å². The highest BCUT2D eigenvalue weighted by Crippen LogP contribution is 2.75. The zero-order chi connectivity index (χ0) is 23.2. The number of nitrogens with zero attached hydrogens (tertiary/aromatic N) is 7. The Morgan fingerprint density at radius 1 is 1.12 bits per heavy atom. The molecule has 0 spiro atoms. The Balaban J connectivity index is 1.37. The number of likely N-dealkylation sites (tertiary alicyclic amines) is 1. The number of aryl methyl sites for hydroxylation is 2. The van der Waals surface area contributed by atoms with E-state index < -0.39 is 17.0 Å². The fraction of sp³-hybridized carbons (Fsp3) is 0.636. The van der Waals surface area contributed by atoms with Crippen LogP contribution in [0.2, 0.25) is 0 Å². The molecule has 11 heteroatoms. The van der Waals surface area contributed by atoms with Gasteiger partial charge in [-0.2, -0.15) is 18.3 Å². The molecule has 176 valence electrons. The molecule has 6 rings (SSSR count). The summed E-state index contributed by atoms with van der Waals surface area (Å²) in [6.45, 7) is 3.70. The van der Waals surface area contributed by atoms with Crippen LogP contribution in [0.1, 0.15) is 42.7 Å². The number of anilines is 1. The van der Waals surface area contributed by atoms with Crippen LogP contribution in [0.4, 0.5) is 18.9 Å². The molecule has 1 aliphatic carbocycles. The minimum Gasteiger partial charge on any atom is -0.424 e. The number of rotatable bonds is 3. The number of hydrogen-bond donors (Lipinski definition) is 0. The summed E-state index contributed by atoms with van der Waals surface area (Å²) in [5.41, 5.74) is -0.992. The second kappa shape index (κ2) is 6.68. The molecule has 0 bridgehead atoms. The van der Waals surface area contributed by atoms with Gasteiger partial charge >= 0.3 is 6.18 Å². The number of hydrogen-bond acceptors (Lipinski definition) is 7. The molecule has 8 nitrogen and oxygen atoms in total. The summed E-state index contributed by atoms with van der Waals surface area (Å²) in [7, 11) is 3.84. The second-order valence-electron chi connectivity index (χ2n) is 10.0. The van der Waals surface area contributed by atoms with E-state index in [0.29, 0.717) is 11.5 Å². The molecule has 5 heterocycles. The number of fused-ring (bicyclic) bond motifs is 2. The van der Waals surface area contributed by atoms with Gasteiger partial charge in [0.25, 0.3) is 0 Å². The first kappa shape index (κ1) is 20.9. The van der Waals surface area contributed by atoms with Gasteiger partial charge in [0.1, 0.15) is 5.41 Å². The summed E-state index contributed by atoms with van der Waals surface area (Å²) < 4.78 is 51.0. The Bertz CT molecular complexity index is 1230. The van der Waals surface area contributed by atoms with Gasteiger partial charge in [0.2, 0.25) is 11.8 Å². The number of alkyl halides is 3. The predicted molar refractivity (Wildman–Crippen MR) is 114 cm³/mol. The van der Waals surface area contributed by atoms with Crippen LogP contribution in [0.15, 0.2) is 16.7 Å². The molecule has 3 fully saturated rings. The molecule has 3 aromatic rings. The van der Waals surface area contributed by atoms with Gasteiger partial charge in [-0.15, -0.1) is 10.2 Å². The van der Waals surface area contributed by atoms with Crippen LogP contribution in [-0.2, 0) is 12.5 Å². The maximum atomic E-state index is 14.5. The third-order valence-corrected chi connectivity index (χ3v) is 7.93. The van der Waals surface area contributed by atoms with Gasteiger partial charge in [-0.3, -0.25) is 4.68 Å². The molecule has 0 N–H and O–H groups in total. The fourth-order valence-corrected chi connectivity index (χ4v) is 5.90. The highest BCUT2D eigenvalue weighted by Gasteiger charge is 2.86. The largest absolute Gasteiger partial charge is 0.424 e. The first-order chi connectivity index (χ1) is 15.6. The van der Waals surface area contributed by atoms with Crippen molar-refractivity contribution in [3.8, 4) is 0 Å². The molecule has 1 unspecified atom stereocenters. The monoisotopic (exact) mass is 461 g/mol. The summed E-state index contributed by atoms with van der Waals surface area (Å²) in [6.07, 6.45) is -0.984. The van der Waals surface area contributed by atoms with Crippen molar-refractivity contribution < 1.29 is 17.6 Å². The molecule has 33 heavy (non-hydrogen) atoms. The van der Waals surface area contributed by atoms with Crippen LogP contribution in [0.25, 0.3) is 11.0 Å². The quantitative estimate of drug-likeness (QED) is 0.593. The Kier molecular flexibility index (Phi) is 4.23. The standard InChI is InChI=1S/C22H26F3N7O/c1-13-8-16(15-9-26-31(3)17(15)27-13)32-11-20(10-21(20,12-32)22(23,24)25)19-29-28-18(33-19)14-4-6-30(2)7-5-14/h8-9,14H,4-7,10-12H2,1-3H3/t20?,21-/m0/s1. The van der Waals surface area contributed by atoms with Crippen molar-refractivity contribution in [3.05, 3.63) is 29.7 Å². The Labute approximate surface area is 188 Å². The molecular formula is C22H26F3N7O. The third kappa shape index (κ3) is 2.87. The first-order valence-electron chi connectivity index (χ1n) is 11.3. The Morgan fingerprint density at radius 2 is 1.88 bits per heavy atom. The lowest BCUT2D eigenvalue weighted by molar-refractivity contribution is -0.187. The Morgan fingerprint density at radius 3 is 2.61 bits per heavy atom. The predicted octanol–water partition coefficient (Wildman–Crippen LogP) is 3.18. The van der Waals surface area contributed by atoms with Crippen LogP contribution in [0.5, 0.6) is 0 Å². The van der Waals surface area contributed by atoms with E-state index in [9.17, 15) is 13.2 Å². The molecule has 0 aromatic carbocycles. The van der Waals surface area contributed by atoms with Gasteiger partial charge in [-0.1, -0.05) is 0 Å². The second-order valence-corrected chi connectivity index (χ2v) is 10.0. The van der Waals surface area contributed by atoms with Crippen molar-refractivity contribution in [2.24, 2.45) is 12.5 Å². The van der Waals surface area contributed by atoms with E-state index in [1.807, 2.05) is 13.0 Å². The summed E-state index contributed by atoms with van der Waals surface area (Å²) in [5, 5.41) is 13.4. The van der Waals surface area contributed by atoms with E-state index in [0.717, 1.165) is 42.7 Å². The van der Waals surface area contributed by atoms with Gasteiger partial charge < -0.3 is 14.2 Å². The molecule has 3 aliphatic rings. The van der Waals surface area contributed by atoms with E-state index in [2.05, 4.69) is 32.2 Å². The van der Waals surface area contributed by atoms with E-state index in [-0.39, 0.29) is 31.3 Å². The third-order valence-electron chi connectivity index (χ3n) is 7.93. The van der Waals surface area contributed by atoms with Gasteiger partial charge in [0, 0.05) is 31.7 Å². The van der Waals surface area contributed by atoms with Crippen LogP contribution >= 0.6 is 0 Å². The lowest BCUT2D eigenvalue weighted by atomic mass is 9.95. The lowest BCUT2D eigenvalue weighted by Gasteiger charge is -2.26. The van der Waals surface area contributed by atoms with Crippen LogP contribution in [-0.4, -0.2) is 69.3 Å². The number of halogens is 3. The van der Waals surface area contributed by atoms with Gasteiger partial charge in [-0.05, 0) is 52.4 Å². The summed E-state index contributed by atoms with van der Waals surface area (Å²) in [4.78, 5) is 8.54. The molecule has 2 atom stereocenters. The number of piperidine rings is 2. The van der Waals surface area contributed by atoms with Crippen molar-refractivity contribution in [2.45, 2.75) is 43.7 Å². The van der Waals surface area contributed by atoms with Crippen LogP contribution in [0.3, 0.4) is 0 Å². The normalized spacial score (nSPS) is 28.6. The van der Waals surface area contributed by atoms with Gasteiger partial charge in [0.05, 0.1) is 22.7 Å². The van der Waals surface area contributed by atoms with Crippen molar-refractivity contribution >= 4 is 16.7 Å². The zero-order valence-electron chi connectivity index (χ0n) is 18.9. The number of pyridine rings is 1. The van der Waals surface area contributed by atoms with Crippen molar-refractivity contribution in [1.82, 2.24) is 29.9 Å². The van der Waals surface area contributed by atoms with Gasteiger partial charge in [-0.25, -0.2) is 4.98 Å². The lowest BCUT2D eigenvalue weighted by Crippen LogP contribution is -2.34. The molecule has 1 saturated carbocycles. The minimum atomic E-state index is -4.37. The SMILES string of the molecule is Cc1cc(N2CC3(c4nnc(C5CCN(C)CC5)o4)C[C@]3(C(F)(F)F)C2)c2cnn(C)c2n1.